The van der Waals surface area contributed by atoms with Gasteiger partial charge >= 0.3 is 0 Å². The van der Waals surface area contributed by atoms with E-state index in [2.05, 4.69) is 39.6 Å². The molecule has 7 heteroatoms. The summed E-state index contributed by atoms with van der Waals surface area (Å²) < 4.78 is 28.6. The Balaban J connectivity index is 2.09. The van der Waals surface area contributed by atoms with Gasteiger partial charge in [0, 0.05) is 20.7 Å². The molecule has 0 fully saturated rings. The minimum atomic E-state index is -3.50. The van der Waals surface area contributed by atoms with E-state index in [0.717, 1.165) is 21.4 Å². The topological polar surface area (TPSA) is 58.2 Å². The molecule has 0 saturated carbocycles. The molecule has 21 heavy (non-hydrogen) atoms. The van der Waals surface area contributed by atoms with Crippen LogP contribution in [0, 0.1) is 3.57 Å². The fourth-order valence-corrected chi connectivity index (χ4v) is 4.66. The number of thiophene rings is 1. The van der Waals surface area contributed by atoms with Gasteiger partial charge in [0.05, 0.1) is 0 Å². The number of sulfonamides is 1. The molecule has 2 aromatic rings. The van der Waals surface area contributed by atoms with Gasteiger partial charge in [0.15, 0.2) is 0 Å². The Hall–Kier alpha value is -0.640. The number of rotatable bonds is 7. The third kappa shape index (κ3) is 4.94. The number of hydrogen-bond donors (Lipinski definition) is 2. The average molecular weight is 436 g/mol. The second-order valence-electron chi connectivity index (χ2n) is 4.51. The molecule has 0 aliphatic heterocycles. The molecule has 0 aliphatic carbocycles. The fourth-order valence-electron chi connectivity index (χ4n) is 1.74. The lowest BCUT2D eigenvalue weighted by Gasteiger charge is -2.06. The Morgan fingerprint density at radius 2 is 2.05 bits per heavy atom. The van der Waals surface area contributed by atoms with E-state index in [1.54, 1.807) is 18.2 Å². The van der Waals surface area contributed by atoms with Crippen molar-refractivity contribution < 1.29 is 8.42 Å². The van der Waals surface area contributed by atoms with Crippen molar-refractivity contribution in [2.45, 2.75) is 24.1 Å². The third-order valence-electron chi connectivity index (χ3n) is 2.70. The zero-order chi connectivity index (χ0) is 15.3. The summed E-state index contributed by atoms with van der Waals surface area (Å²) in [5.41, 5.74) is 0.584. The van der Waals surface area contributed by atoms with Crippen LogP contribution in [0.3, 0.4) is 0 Å². The van der Waals surface area contributed by atoms with Gasteiger partial charge in [-0.05, 0) is 65.9 Å². The number of halogens is 1. The SMILES string of the molecule is CCCNCc1ccc(S(=O)(=O)Nc2cccc(I)c2)s1. The van der Waals surface area contributed by atoms with E-state index in [0.29, 0.717) is 16.4 Å². The first-order valence-electron chi connectivity index (χ1n) is 6.59. The van der Waals surface area contributed by atoms with Crippen LogP contribution in [0.5, 0.6) is 0 Å². The van der Waals surface area contributed by atoms with Crippen LogP contribution < -0.4 is 10.0 Å². The maximum absolute atomic E-state index is 12.3. The lowest BCUT2D eigenvalue weighted by atomic mass is 10.3. The molecular weight excluding hydrogens is 419 g/mol. The summed E-state index contributed by atoms with van der Waals surface area (Å²) in [4.78, 5) is 1.02. The van der Waals surface area contributed by atoms with Gasteiger partial charge in [0.1, 0.15) is 4.21 Å². The molecule has 0 aliphatic rings. The number of hydrogen-bond acceptors (Lipinski definition) is 4. The average Bonchev–Trinajstić information content (AvgIpc) is 2.88. The lowest BCUT2D eigenvalue weighted by molar-refractivity contribution is 0.603. The van der Waals surface area contributed by atoms with E-state index in [4.69, 9.17) is 0 Å². The number of nitrogens with one attached hydrogen (secondary N) is 2. The molecule has 0 atom stereocenters. The Kier molecular flexibility index (Phi) is 6.03. The molecule has 2 N–H and O–H groups in total. The number of benzene rings is 1. The lowest BCUT2D eigenvalue weighted by Crippen LogP contribution is -2.13. The molecule has 1 aromatic carbocycles. The van der Waals surface area contributed by atoms with E-state index < -0.39 is 10.0 Å². The van der Waals surface area contributed by atoms with E-state index in [1.807, 2.05) is 18.2 Å². The fraction of sp³-hybridized carbons (Fsp3) is 0.286. The highest BCUT2D eigenvalue weighted by Gasteiger charge is 2.17. The van der Waals surface area contributed by atoms with E-state index in [1.165, 1.54) is 11.3 Å². The highest BCUT2D eigenvalue weighted by Crippen LogP contribution is 2.24. The zero-order valence-electron chi connectivity index (χ0n) is 11.6. The molecule has 0 spiro atoms. The van der Waals surface area contributed by atoms with Crippen LogP contribution >= 0.6 is 33.9 Å². The van der Waals surface area contributed by atoms with Gasteiger partial charge in [-0.3, -0.25) is 4.72 Å². The van der Waals surface area contributed by atoms with Crippen molar-refractivity contribution in [2.24, 2.45) is 0 Å². The highest BCUT2D eigenvalue weighted by molar-refractivity contribution is 14.1. The van der Waals surface area contributed by atoms with Crippen molar-refractivity contribution in [1.29, 1.82) is 0 Å². The van der Waals surface area contributed by atoms with E-state index >= 15 is 0 Å². The molecule has 4 nitrogen and oxygen atoms in total. The molecule has 1 aromatic heterocycles. The summed E-state index contributed by atoms with van der Waals surface area (Å²) >= 11 is 3.45. The Labute approximate surface area is 143 Å². The van der Waals surface area contributed by atoms with Crippen LogP contribution in [-0.2, 0) is 16.6 Å². The largest absolute Gasteiger partial charge is 0.312 e. The second-order valence-corrected chi connectivity index (χ2v) is 8.84. The first-order chi connectivity index (χ1) is 10.0. The van der Waals surface area contributed by atoms with Crippen molar-refractivity contribution in [3.63, 3.8) is 0 Å². The summed E-state index contributed by atoms with van der Waals surface area (Å²) in [6, 6.07) is 10.8. The number of anilines is 1. The minimum absolute atomic E-state index is 0.342. The minimum Gasteiger partial charge on any atom is -0.312 e. The maximum atomic E-state index is 12.3. The van der Waals surface area contributed by atoms with Crippen LogP contribution in [0.2, 0.25) is 0 Å². The van der Waals surface area contributed by atoms with Gasteiger partial charge in [0.25, 0.3) is 10.0 Å². The van der Waals surface area contributed by atoms with Gasteiger partial charge in [-0.1, -0.05) is 13.0 Å². The van der Waals surface area contributed by atoms with Gasteiger partial charge < -0.3 is 5.32 Å². The first kappa shape index (κ1) is 16.7. The molecule has 1 heterocycles. The van der Waals surface area contributed by atoms with Crippen LogP contribution in [0.1, 0.15) is 18.2 Å². The highest BCUT2D eigenvalue weighted by atomic mass is 127. The summed E-state index contributed by atoms with van der Waals surface area (Å²) in [6.45, 7) is 3.74. The molecular formula is C14H17IN2O2S2. The summed E-state index contributed by atoms with van der Waals surface area (Å²) in [5, 5.41) is 3.27. The van der Waals surface area contributed by atoms with Crippen molar-refractivity contribution in [3.8, 4) is 0 Å². The molecule has 2 rings (SSSR count). The Bertz CT molecular complexity index is 699. The zero-order valence-corrected chi connectivity index (χ0v) is 15.4. The summed E-state index contributed by atoms with van der Waals surface area (Å²) in [7, 11) is -3.50. The van der Waals surface area contributed by atoms with E-state index in [9.17, 15) is 8.42 Å². The second kappa shape index (κ2) is 7.57. The summed E-state index contributed by atoms with van der Waals surface area (Å²) in [6.07, 6.45) is 1.06. The maximum Gasteiger partial charge on any atom is 0.271 e. The van der Waals surface area contributed by atoms with Crippen LogP contribution in [-0.4, -0.2) is 15.0 Å². The van der Waals surface area contributed by atoms with Gasteiger partial charge in [0.2, 0.25) is 0 Å². The normalized spacial score (nSPS) is 11.5. The van der Waals surface area contributed by atoms with Gasteiger partial charge in [-0.2, -0.15) is 0 Å². The van der Waals surface area contributed by atoms with E-state index in [-0.39, 0.29) is 0 Å². The Morgan fingerprint density at radius 3 is 2.76 bits per heavy atom. The van der Waals surface area contributed by atoms with Crippen LogP contribution in [0.4, 0.5) is 5.69 Å². The standard InChI is InChI=1S/C14H17IN2O2S2/c1-2-8-16-10-13-6-7-14(20-13)21(18,19)17-12-5-3-4-11(15)9-12/h3-7,9,16-17H,2,8,10H2,1H3. The molecule has 0 amide bonds. The van der Waals surface area contributed by atoms with Gasteiger partial charge in [-0.25, -0.2) is 8.42 Å². The molecule has 114 valence electrons. The molecule has 0 radical (unpaired) electrons. The summed E-state index contributed by atoms with van der Waals surface area (Å²) in [5.74, 6) is 0. The van der Waals surface area contributed by atoms with Gasteiger partial charge in [-0.15, -0.1) is 11.3 Å². The van der Waals surface area contributed by atoms with Crippen molar-refractivity contribution >= 4 is 49.6 Å². The predicted molar refractivity (Wildman–Crippen MR) is 96.3 cm³/mol. The van der Waals surface area contributed by atoms with Crippen LogP contribution in [0.25, 0.3) is 0 Å². The van der Waals surface area contributed by atoms with Crippen molar-refractivity contribution in [3.05, 3.63) is 44.8 Å². The van der Waals surface area contributed by atoms with Crippen molar-refractivity contribution in [2.75, 3.05) is 11.3 Å². The Morgan fingerprint density at radius 1 is 1.24 bits per heavy atom. The quantitative estimate of drug-likeness (QED) is 0.515. The van der Waals surface area contributed by atoms with Crippen LogP contribution in [0.15, 0.2) is 40.6 Å². The van der Waals surface area contributed by atoms with Crippen molar-refractivity contribution in [1.82, 2.24) is 5.32 Å². The predicted octanol–water partition coefficient (Wildman–Crippen LogP) is 3.65. The monoisotopic (exact) mass is 436 g/mol. The molecule has 0 unspecified atom stereocenters. The third-order valence-corrected chi connectivity index (χ3v) is 6.33. The molecule has 0 bridgehead atoms. The molecule has 0 saturated heterocycles. The first-order valence-corrected chi connectivity index (χ1v) is 9.97. The smallest absolute Gasteiger partial charge is 0.271 e.